The number of nitrogens with one attached hydrogen (secondary N) is 1. The van der Waals surface area contributed by atoms with Crippen molar-refractivity contribution in [2.75, 3.05) is 93.9 Å². The quantitative estimate of drug-likeness (QED) is 0.0776. The molecule has 2 N–H and O–H groups in total. The number of likely N-dealkylation sites (tertiary alicyclic amines) is 3. The first kappa shape index (κ1) is 80.6. The van der Waals surface area contributed by atoms with Crippen molar-refractivity contribution in [2.24, 2.45) is 0 Å². The van der Waals surface area contributed by atoms with E-state index in [1.807, 2.05) is 33.0 Å². The third-order valence-electron chi connectivity index (χ3n) is 21.1. The summed E-state index contributed by atoms with van der Waals surface area (Å²) in [7, 11) is 6.74. The summed E-state index contributed by atoms with van der Waals surface area (Å²) in [5.41, 5.74) is 1.30. The van der Waals surface area contributed by atoms with Crippen LogP contribution in [0, 0.1) is 0 Å². The standard InChI is InChI=1S/C26H29F6N3O4.C25H30F3N3O4.C23H27ClF3N3O2.H2/c1-23(2)14-35-18(21(36)26(30,31)32)6-7-20(35)24(33-23)8-10-34(11-9-24)22(37)16-4-5-17(19(12-16)38-3)13-39-15-25(27,28)29;1-17(32)20-6-7-22-24(29(2)12-13-31(20)22)8-10-30(11-9-24)23(33)18-4-5-19(21(14-18)34-3)15-35-16-25(26,27)28;1-21(2,32)16-6-4-15(5-7-16)20(31)29-10-8-22(9-11-29)19-17(24)14-18(23(25,26)27)30(19)13-12-28(22)3;/h4-7,12,33H,8-11,13-15H2,1-3H3;4-7,14H,8-13,15-16H2,1-3H3;4-7,14,32H,8-13H2,1-3H3;1H. The number of aromatic nitrogens is 3. The molecule has 3 spiro atoms. The number of methoxy groups -OCH3 is 2. The van der Waals surface area contributed by atoms with Crippen molar-refractivity contribution >= 4 is 40.9 Å². The number of rotatable bonds is 14. The van der Waals surface area contributed by atoms with Crippen LogP contribution in [0.3, 0.4) is 0 Å². The van der Waals surface area contributed by atoms with Crippen LogP contribution in [0.5, 0.6) is 11.5 Å². The van der Waals surface area contributed by atoms with E-state index in [2.05, 4.69) is 26.7 Å². The van der Waals surface area contributed by atoms with Crippen molar-refractivity contribution in [1.82, 2.24) is 43.5 Å². The molecule has 3 amide bonds. The Labute approximate surface area is 611 Å². The Hall–Kier alpha value is -7.94. The molecule has 3 fully saturated rings. The number of piperidine rings is 3. The molecule has 0 aliphatic carbocycles. The summed E-state index contributed by atoms with van der Waals surface area (Å²) in [6.07, 6.45) is -15.1. The van der Waals surface area contributed by atoms with Gasteiger partial charge in [-0.1, -0.05) is 35.9 Å². The van der Waals surface area contributed by atoms with E-state index < -0.39 is 77.3 Å². The SMILES string of the molecule is CN1CCn2c(C(F)(F)F)cc(Cl)c2C12CCN(C(=O)c1ccc(C(C)(C)O)cc1)CC2.COc1cc(C(=O)N2CCC3(CC2)NC(C)(C)Cn2c(C(=O)C(F)(F)F)ccc23)ccc1COCC(F)(F)F.COc1cc(C(=O)N2CCC3(CC2)c2ccc(C(C)=O)n2CCN3C)ccc1COCC(F)(F)F.[HH]. The minimum absolute atomic E-state index is 0. The van der Waals surface area contributed by atoms with E-state index in [0.717, 1.165) is 43.4 Å². The number of alkyl halides is 12. The Morgan fingerprint density at radius 2 is 0.972 bits per heavy atom. The molecular weight excluding hydrogens is 1440 g/mol. The van der Waals surface area contributed by atoms with Crippen molar-refractivity contribution < 1.29 is 102 Å². The largest absolute Gasteiger partial charge is 0.496 e. The highest BCUT2D eigenvalue weighted by molar-refractivity contribution is 6.31. The number of ketones is 2. The number of hydrogen-bond donors (Lipinski definition) is 2. The van der Waals surface area contributed by atoms with Crippen LogP contribution in [0.25, 0.3) is 0 Å². The maximum atomic E-state index is 13.5. The summed E-state index contributed by atoms with van der Waals surface area (Å²) < 4.78 is 179. The maximum Gasteiger partial charge on any atom is 0.456 e. The number of ether oxygens (including phenoxy) is 4. The van der Waals surface area contributed by atoms with Crippen LogP contribution in [-0.2, 0) is 70.7 Å². The number of carbonyl (C=O) groups excluding carboxylic acids is 5. The van der Waals surface area contributed by atoms with Crippen molar-refractivity contribution in [3.63, 3.8) is 0 Å². The lowest BCUT2D eigenvalue weighted by molar-refractivity contribution is -0.177. The number of benzene rings is 3. The second kappa shape index (κ2) is 30.6. The van der Waals surface area contributed by atoms with Gasteiger partial charge in [0.2, 0.25) is 0 Å². The second-order valence-electron chi connectivity index (χ2n) is 29.0. The summed E-state index contributed by atoms with van der Waals surface area (Å²) in [6.45, 7) is 10.2. The third-order valence-corrected chi connectivity index (χ3v) is 21.4. The molecule has 6 aliphatic rings. The molecule has 0 unspecified atom stereocenters. The highest BCUT2D eigenvalue weighted by Gasteiger charge is 2.52. The summed E-state index contributed by atoms with van der Waals surface area (Å²) in [5, 5.41) is 13.8. The van der Waals surface area contributed by atoms with Gasteiger partial charge in [-0.25, -0.2) is 0 Å². The molecule has 0 bridgehead atoms. The minimum atomic E-state index is -4.99. The number of fused-ring (bicyclic) bond motifs is 6. The van der Waals surface area contributed by atoms with E-state index in [9.17, 15) is 81.8 Å². The number of hydrogen-bond acceptors (Lipinski definition) is 13. The summed E-state index contributed by atoms with van der Waals surface area (Å²) >= 11 is 6.36. The Morgan fingerprint density at radius 3 is 1.42 bits per heavy atom. The normalized spacial score (nSPS) is 18.6. The van der Waals surface area contributed by atoms with Crippen LogP contribution in [0.4, 0.5) is 52.7 Å². The molecule has 19 nitrogen and oxygen atoms in total. The van der Waals surface area contributed by atoms with E-state index in [0.29, 0.717) is 103 Å². The Bertz CT molecular complexity index is 4220. The number of halogens is 13. The third kappa shape index (κ3) is 17.1. The minimum Gasteiger partial charge on any atom is -0.496 e. The van der Waals surface area contributed by atoms with E-state index in [-0.39, 0.29) is 86.2 Å². The van der Waals surface area contributed by atoms with Crippen molar-refractivity contribution in [1.29, 1.82) is 0 Å². The lowest BCUT2D eigenvalue weighted by atomic mass is 9.79. The zero-order valence-electron chi connectivity index (χ0n) is 60.1. The highest BCUT2D eigenvalue weighted by Crippen LogP contribution is 2.49. The van der Waals surface area contributed by atoms with E-state index in [1.165, 1.54) is 47.6 Å². The Morgan fingerprint density at radius 1 is 0.538 bits per heavy atom. The molecule has 12 rings (SSSR count). The van der Waals surface area contributed by atoms with Gasteiger partial charge < -0.3 is 52.5 Å². The number of nitrogens with zero attached hydrogens (tertiary/aromatic N) is 8. The smallest absolute Gasteiger partial charge is 0.456 e. The molecule has 6 aliphatic heterocycles. The molecule has 6 aromatic rings. The molecule has 3 aromatic heterocycles. The average Bonchev–Trinajstić information content (AvgIpc) is 1.66. The number of amides is 3. The molecule has 0 atom stereocenters. The summed E-state index contributed by atoms with van der Waals surface area (Å²) in [4.78, 5) is 73.2. The van der Waals surface area contributed by atoms with Gasteiger partial charge in [-0.15, -0.1) is 0 Å². The number of aliphatic hydroxyl groups is 1. The predicted molar refractivity (Wildman–Crippen MR) is 368 cm³/mol. The molecular formula is C74H88ClF12N9O10. The van der Waals surface area contributed by atoms with Crippen LogP contribution in [0.15, 0.2) is 91.0 Å². The van der Waals surface area contributed by atoms with Gasteiger partial charge in [0.25, 0.3) is 23.5 Å². The number of carbonyl (C=O) groups is 5. The summed E-state index contributed by atoms with van der Waals surface area (Å²) in [5.74, 6) is -1.92. The molecule has 3 aromatic carbocycles. The average molecular weight is 1530 g/mol. The highest BCUT2D eigenvalue weighted by atomic mass is 35.5. The van der Waals surface area contributed by atoms with Gasteiger partial charge in [0.15, 0.2) is 5.78 Å². The van der Waals surface area contributed by atoms with Crippen LogP contribution in [0.1, 0.15) is 166 Å². The maximum absolute atomic E-state index is 13.5. The Kier molecular flexibility index (Phi) is 23.3. The zero-order valence-corrected chi connectivity index (χ0v) is 60.9. The first-order valence-electron chi connectivity index (χ1n) is 34.5. The van der Waals surface area contributed by atoms with Crippen molar-refractivity contribution in [3.05, 3.63) is 164 Å². The first-order chi connectivity index (χ1) is 49.4. The molecule has 580 valence electrons. The van der Waals surface area contributed by atoms with Gasteiger partial charge in [0.1, 0.15) is 30.4 Å². The number of Topliss-reactive ketones (excluding diaryl/α,β-unsaturated/α-hetero) is 2. The van der Waals surface area contributed by atoms with Crippen molar-refractivity contribution in [3.8, 4) is 11.5 Å². The molecule has 3 saturated heterocycles. The van der Waals surface area contributed by atoms with Crippen LogP contribution in [-0.4, -0.2) is 191 Å². The van der Waals surface area contributed by atoms with E-state index in [4.69, 9.17) is 30.5 Å². The fourth-order valence-corrected chi connectivity index (χ4v) is 16.1. The van der Waals surface area contributed by atoms with Gasteiger partial charge >= 0.3 is 24.7 Å². The second-order valence-corrected chi connectivity index (χ2v) is 29.4. The molecule has 106 heavy (non-hydrogen) atoms. The lowest BCUT2D eigenvalue weighted by Crippen LogP contribution is -2.63. The van der Waals surface area contributed by atoms with Gasteiger partial charge in [0, 0.05) is 125 Å². The molecule has 9 heterocycles. The van der Waals surface area contributed by atoms with Gasteiger partial charge in [-0.05, 0) is 153 Å². The van der Waals surface area contributed by atoms with Gasteiger partial charge in [-0.3, -0.25) is 39.1 Å². The van der Waals surface area contributed by atoms with Crippen LogP contribution in [0.2, 0.25) is 5.02 Å². The van der Waals surface area contributed by atoms with E-state index >= 15 is 0 Å². The topological polar surface area (TPSA) is 186 Å². The Balaban J connectivity index is 0.000000185. The zero-order chi connectivity index (χ0) is 77.7. The fourth-order valence-electron chi connectivity index (χ4n) is 15.7. The predicted octanol–water partition coefficient (Wildman–Crippen LogP) is 13.4. The van der Waals surface area contributed by atoms with Crippen molar-refractivity contribution in [2.45, 2.75) is 158 Å². The van der Waals surface area contributed by atoms with Gasteiger partial charge in [0.05, 0.1) is 71.8 Å². The summed E-state index contributed by atoms with van der Waals surface area (Å²) in [6, 6.07) is 23.7. The molecule has 0 radical (unpaired) electrons. The fraction of sp³-hybridized carbons (Fsp3) is 0.527. The molecule has 32 heteroatoms. The van der Waals surface area contributed by atoms with Crippen LogP contribution >= 0.6 is 11.6 Å². The van der Waals surface area contributed by atoms with Crippen LogP contribution < -0.4 is 14.8 Å². The molecule has 0 saturated carbocycles. The monoisotopic (exact) mass is 1530 g/mol. The lowest BCUT2D eigenvalue weighted by Gasteiger charge is -2.51. The van der Waals surface area contributed by atoms with E-state index in [1.54, 1.807) is 84.0 Å². The first-order valence-corrected chi connectivity index (χ1v) is 34.9. The van der Waals surface area contributed by atoms with Gasteiger partial charge in [-0.2, -0.15) is 52.7 Å². The number of likely N-dealkylation sites (N-methyl/N-ethyl adjacent to an activating group) is 2.